The van der Waals surface area contributed by atoms with Crippen LogP contribution >= 0.6 is 0 Å². The van der Waals surface area contributed by atoms with Gasteiger partial charge in [0.15, 0.2) is 0 Å². The van der Waals surface area contributed by atoms with Crippen LogP contribution in [0.2, 0.25) is 0 Å². The van der Waals surface area contributed by atoms with E-state index in [0.717, 1.165) is 6.42 Å². The predicted molar refractivity (Wildman–Crippen MR) is 71.5 cm³/mol. The Morgan fingerprint density at radius 2 is 2.32 bits per heavy atom. The minimum atomic E-state index is -0.925. The molecule has 0 aromatic carbocycles. The van der Waals surface area contributed by atoms with Crippen molar-refractivity contribution in [3.05, 3.63) is 22.2 Å². The lowest BCUT2D eigenvalue weighted by molar-refractivity contribution is -0.143. The summed E-state index contributed by atoms with van der Waals surface area (Å²) in [6.45, 7) is 4.39. The summed E-state index contributed by atoms with van der Waals surface area (Å²) >= 11 is 0. The van der Waals surface area contributed by atoms with Gasteiger partial charge in [0.05, 0.1) is 0 Å². The van der Waals surface area contributed by atoms with Gasteiger partial charge in [-0.25, -0.2) is 9.78 Å². The van der Waals surface area contributed by atoms with Crippen LogP contribution in [0.1, 0.15) is 38.9 Å². The molecule has 6 heteroatoms. The van der Waals surface area contributed by atoms with E-state index in [9.17, 15) is 14.7 Å². The van der Waals surface area contributed by atoms with Crippen LogP contribution in [0.3, 0.4) is 0 Å². The molecule has 1 aliphatic heterocycles. The van der Waals surface area contributed by atoms with Crippen molar-refractivity contribution in [3.63, 3.8) is 0 Å². The summed E-state index contributed by atoms with van der Waals surface area (Å²) in [4.78, 5) is 32.0. The average Bonchev–Trinajstić information content (AvgIpc) is 2.83. The fourth-order valence-corrected chi connectivity index (χ4v) is 2.75. The molecule has 2 heterocycles. The highest BCUT2D eigenvalue weighted by atomic mass is 16.4. The Hall–Kier alpha value is -1.85. The Morgan fingerprint density at radius 1 is 1.58 bits per heavy atom. The van der Waals surface area contributed by atoms with Gasteiger partial charge in [-0.3, -0.25) is 4.79 Å². The van der Waals surface area contributed by atoms with E-state index in [1.165, 1.54) is 6.07 Å². The summed E-state index contributed by atoms with van der Waals surface area (Å²) in [6, 6.07) is 1.39. The van der Waals surface area contributed by atoms with Gasteiger partial charge in [-0.2, -0.15) is 0 Å². The molecule has 2 N–H and O–H groups in total. The molecule has 1 unspecified atom stereocenters. The Balaban J connectivity index is 2.48. The Labute approximate surface area is 111 Å². The number of aryl methyl sites for hydroxylation is 1. The maximum Gasteiger partial charge on any atom is 0.329 e. The number of aliphatic carboxylic acids is 1. The summed E-state index contributed by atoms with van der Waals surface area (Å²) in [5.74, 6) is 0.222. The first kappa shape index (κ1) is 13.6. The van der Waals surface area contributed by atoms with Crippen LogP contribution in [-0.2, 0) is 11.2 Å². The van der Waals surface area contributed by atoms with E-state index < -0.39 is 11.5 Å². The number of nitrogens with one attached hydrogen (secondary N) is 1. The zero-order valence-electron chi connectivity index (χ0n) is 11.3. The van der Waals surface area contributed by atoms with Crippen LogP contribution in [0.4, 0.5) is 5.82 Å². The van der Waals surface area contributed by atoms with E-state index in [2.05, 4.69) is 9.97 Å². The second kappa shape index (κ2) is 5.03. The molecular weight excluding hydrogens is 246 g/mol. The SMILES string of the molecule is CCc1nc(N2CCCC2(CC)C(=O)O)cc(=O)[nH]1. The summed E-state index contributed by atoms with van der Waals surface area (Å²) < 4.78 is 0. The summed E-state index contributed by atoms with van der Waals surface area (Å²) in [5, 5.41) is 9.54. The Bertz CT molecular complexity index is 540. The topological polar surface area (TPSA) is 86.3 Å². The van der Waals surface area contributed by atoms with E-state index in [1.54, 1.807) is 4.90 Å². The van der Waals surface area contributed by atoms with Gasteiger partial charge in [0.25, 0.3) is 5.56 Å². The van der Waals surface area contributed by atoms with Crippen molar-refractivity contribution in [3.8, 4) is 0 Å². The fourth-order valence-electron chi connectivity index (χ4n) is 2.75. The number of aromatic nitrogens is 2. The fraction of sp³-hybridized carbons (Fsp3) is 0.615. The smallest absolute Gasteiger partial charge is 0.329 e. The average molecular weight is 265 g/mol. The maximum absolute atomic E-state index is 11.6. The molecule has 1 atom stereocenters. The van der Waals surface area contributed by atoms with Crippen molar-refractivity contribution in [1.82, 2.24) is 9.97 Å². The molecule has 0 amide bonds. The van der Waals surface area contributed by atoms with Crippen LogP contribution in [-0.4, -0.2) is 33.1 Å². The first-order valence-electron chi connectivity index (χ1n) is 6.64. The van der Waals surface area contributed by atoms with Gasteiger partial charge in [0.1, 0.15) is 17.2 Å². The molecule has 0 bridgehead atoms. The number of nitrogens with zero attached hydrogens (tertiary/aromatic N) is 2. The lowest BCUT2D eigenvalue weighted by Gasteiger charge is -2.34. The highest BCUT2D eigenvalue weighted by Crippen LogP contribution is 2.35. The largest absolute Gasteiger partial charge is 0.479 e. The quantitative estimate of drug-likeness (QED) is 0.853. The third kappa shape index (κ3) is 2.22. The van der Waals surface area contributed by atoms with Crippen LogP contribution in [0.15, 0.2) is 10.9 Å². The maximum atomic E-state index is 11.6. The second-order valence-corrected chi connectivity index (χ2v) is 4.85. The van der Waals surface area contributed by atoms with Gasteiger partial charge in [-0.1, -0.05) is 13.8 Å². The molecule has 1 saturated heterocycles. The van der Waals surface area contributed by atoms with Gasteiger partial charge in [-0.05, 0) is 19.3 Å². The molecule has 1 aliphatic rings. The number of hydrogen-bond donors (Lipinski definition) is 2. The third-order valence-corrected chi connectivity index (χ3v) is 3.86. The van der Waals surface area contributed by atoms with E-state index in [-0.39, 0.29) is 5.56 Å². The van der Waals surface area contributed by atoms with Crippen molar-refractivity contribution in [2.75, 3.05) is 11.4 Å². The summed E-state index contributed by atoms with van der Waals surface area (Å²) in [6.07, 6.45) is 2.51. The molecule has 19 heavy (non-hydrogen) atoms. The number of aromatic amines is 1. The summed E-state index contributed by atoms with van der Waals surface area (Å²) in [7, 11) is 0. The number of carboxylic acid groups (broad SMARTS) is 1. The van der Waals surface area contributed by atoms with Crippen molar-refractivity contribution < 1.29 is 9.90 Å². The number of rotatable bonds is 4. The molecule has 1 aromatic heterocycles. The molecule has 1 fully saturated rings. The lowest BCUT2D eigenvalue weighted by atomic mass is 9.93. The molecule has 0 aliphatic carbocycles. The predicted octanol–water partition coefficient (Wildman–Crippen LogP) is 1.17. The highest BCUT2D eigenvalue weighted by Gasteiger charge is 2.47. The zero-order valence-corrected chi connectivity index (χ0v) is 11.3. The molecular formula is C13H19N3O3. The number of carboxylic acids is 1. The summed E-state index contributed by atoms with van der Waals surface area (Å²) in [5.41, 5.74) is -1.16. The lowest BCUT2D eigenvalue weighted by Crippen LogP contribution is -2.51. The van der Waals surface area contributed by atoms with Crippen molar-refractivity contribution >= 4 is 11.8 Å². The number of hydrogen-bond acceptors (Lipinski definition) is 4. The number of H-pyrrole nitrogens is 1. The Morgan fingerprint density at radius 3 is 2.89 bits per heavy atom. The first-order valence-corrected chi connectivity index (χ1v) is 6.64. The zero-order chi connectivity index (χ0) is 14.0. The minimum Gasteiger partial charge on any atom is -0.479 e. The van der Waals surface area contributed by atoms with Crippen molar-refractivity contribution in [1.29, 1.82) is 0 Å². The second-order valence-electron chi connectivity index (χ2n) is 4.85. The minimum absolute atomic E-state index is 0.232. The molecule has 0 saturated carbocycles. The van der Waals surface area contributed by atoms with Crippen molar-refractivity contribution in [2.24, 2.45) is 0 Å². The Kier molecular flexibility index (Phi) is 3.59. The third-order valence-electron chi connectivity index (χ3n) is 3.86. The van der Waals surface area contributed by atoms with Gasteiger partial charge in [0, 0.05) is 19.0 Å². The standard InChI is InChI=1S/C13H19N3O3/c1-3-9-14-10(8-11(17)15-9)16-7-5-6-13(16,4-2)12(18)19/h8H,3-7H2,1-2H3,(H,18,19)(H,14,15,17). The van der Waals surface area contributed by atoms with E-state index in [4.69, 9.17) is 0 Å². The van der Waals surface area contributed by atoms with Crippen LogP contribution < -0.4 is 10.5 Å². The molecule has 104 valence electrons. The first-order chi connectivity index (χ1) is 9.03. The number of carbonyl (C=O) groups is 1. The normalized spacial score (nSPS) is 22.7. The molecule has 0 radical (unpaired) electrons. The van der Waals surface area contributed by atoms with E-state index in [1.807, 2.05) is 13.8 Å². The van der Waals surface area contributed by atoms with Crippen LogP contribution in [0.25, 0.3) is 0 Å². The van der Waals surface area contributed by atoms with E-state index >= 15 is 0 Å². The number of anilines is 1. The van der Waals surface area contributed by atoms with Crippen LogP contribution in [0, 0.1) is 0 Å². The van der Waals surface area contributed by atoms with Gasteiger partial charge >= 0.3 is 5.97 Å². The van der Waals surface area contributed by atoms with E-state index in [0.29, 0.717) is 37.4 Å². The van der Waals surface area contributed by atoms with Crippen LogP contribution in [0.5, 0.6) is 0 Å². The van der Waals surface area contributed by atoms with Gasteiger partial charge < -0.3 is 15.0 Å². The van der Waals surface area contributed by atoms with Gasteiger partial charge in [-0.15, -0.1) is 0 Å². The molecule has 0 spiro atoms. The van der Waals surface area contributed by atoms with Gasteiger partial charge in [0.2, 0.25) is 0 Å². The van der Waals surface area contributed by atoms with Crippen molar-refractivity contribution in [2.45, 2.75) is 45.1 Å². The molecule has 2 rings (SSSR count). The molecule has 1 aromatic rings. The molecule has 6 nitrogen and oxygen atoms in total. The monoisotopic (exact) mass is 265 g/mol. The highest BCUT2D eigenvalue weighted by molar-refractivity contribution is 5.84.